The van der Waals surface area contributed by atoms with Crippen molar-refractivity contribution in [3.63, 3.8) is 0 Å². The Morgan fingerprint density at radius 2 is 1.58 bits per heavy atom. The van der Waals surface area contributed by atoms with Crippen molar-refractivity contribution < 1.29 is 14.4 Å². The second-order valence-electron chi connectivity index (χ2n) is 8.62. The average Bonchev–Trinajstić information content (AvgIpc) is 2.87. The number of benzene rings is 2. The van der Waals surface area contributed by atoms with Gasteiger partial charge in [-0.05, 0) is 24.1 Å². The van der Waals surface area contributed by atoms with E-state index in [2.05, 4.69) is 22.3 Å². The number of nitrogens with zero attached hydrogens (tertiary/aromatic N) is 3. The summed E-state index contributed by atoms with van der Waals surface area (Å²) in [5.74, 6) is -0.710. The number of nitrogens with one attached hydrogen (secondary N) is 1. The lowest BCUT2D eigenvalue weighted by molar-refractivity contribution is -0.147. The van der Waals surface area contributed by atoms with Crippen molar-refractivity contribution in [1.82, 2.24) is 15.1 Å². The summed E-state index contributed by atoms with van der Waals surface area (Å²) < 4.78 is 0. The summed E-state index contributed by atoms with van der Waals surface area (Å²) in [6, 6.07) is 19.1. The quantitative estimate of drug-likeness (QED) is 0.736. The maximum absolute atomic E-state index is 13.5. The Hall–Kier alpha value is -3.35. The normalized spacial score (nSPS) is 19.7. The number of hydrogen-bond acceptors (Lipinski definition) is 4. The third-order valence-corrected chi connectivity index (χ3v) is 6.64. The fourth-order valence-corrected chi connectivity index (χ4v) is 4.77. The number of piperazine rings is 2. The van der Waals surface area contributed by atoms with Crippen molar-refractivity contribution in [2.45, 2.75) is 31.7 Å². The van der Waals surface area contributed by atoms with Crippen LogP contribution in [0.5, 0.6) is 0 Å². The number of hydrogen-bond donors (Lipinski definition) is 1. The minimum atomic E-state index is -0.760. The standard InChI is InChI=1S/C26H32N4O3/c1-2-22(20-9-5-3-6-10-20)26(33)30-14-13-27-25(32)23(30)19-24(31)29-17-15-28(16-18-29)21-11-7-4-8-12-21/h3-12,22-23H,2,13-19H2,1H3,(H,27,32)/t22-,23+/m1/s1. The fourth-order valence-electron chi connectivity index (χ4n) is 4.77. The van der Waals surface area contributed by atoms with Gasteiger partial charge in [-0.3, -0.25) is 14.4 Å². The zero-order valence-electron chi connectivity index (χ0n) is 19.2. The van der Waals surface area contributed by atoms with E-state index in [4.69, 9.17) is 0 Å². The third-order valence-electron chi connectivity index (χ3n) is 6.64. The highest BCUT2D eigenvalue weighted by Crippen LogP contribution is 2.25. The van der Waals surface area contributed by atoms with Crippen molar-refractivity contribution in [2.24, 2.45) is 0 Å². The van der Waals surface area contributed by atoms with Gasteiger partial charge in [0.2, 0.25) is 17.7 Å². The molecule has 0 spiro atoms. The van der Waals surface area contributed by atoms with E-state index in [0.29, 0.717) is 32.6 Å². The van der Waals surface area contributed by atoms with Crippen molar-refractivity contribution in [2.75, 3.05) is 44.2 Å². The molecule has 4 rings (SSSR count). The molecule has 2 aliphatic rings. The summed E-state index contributed by atoms with van der Waals surface area (Å²) in [6.45, 7) is 5.54. The molecule has 33 heavy (non-hydrogen) atoms. The van der Waals surface area contributed by atoms with Gasteiger partial charge in [0.15, 0.2) is 0 Å². The van der Waals surface area contributed by atoms with Gasteiger partial charge < -0.3 is 20.0 Å². The lowest BCUT2D eigenvalue weighted by atomic mass is 9.93. The van der Waals surface area contributed by atoms with Crippen LogP contribution in [-0.4, -0.2) is 72.8 Å². The van der Waals surface area contributed by atoms with Crippen molar-refractivity contribution in [3.05, 3.63) is 66.2 Å². The molecule has 2 aliphatic heterocycles. The van der Waals surface area contributed by atoms with E-state index in [-0.39, 0.29) is 30.1 Å². The molecule has 2 saturated heterocycles. The molecule has 7 nitrogen and oxygen atoms in total. The molecule has 0 saturated carbocycles. The van der Waals surface area contributed by atoms with Crippen LogP contribution in [0.25, 0.3) is 0 Å². The Bertz CT molecular complexity index is 958. The molecule has 0 aromatic heterocycles. The van der Waals surface area contributed by atoms with Crippen LogP contribution in [0.2, 0.25) is 0 Å². The number of amides is 3. The summed E-state index contributed by atoms with van der Waals surface area (Å²) in [6.07, 6.45) is 0.664. The van der Waals surface area contributed by atoms with Gasteiger partial charge in [0.1, 0.15) is 6.04 Å². The first-order valence-electron chi connectivity index (χ1n) is 11.8. The maximum Gasteiger partial charge on any atom is 0.243 e. The Kier molecular flexibility index (Phi) is 7.27. The van der Waals surface area contributed by atoms with Gasteiger partial charge in [-0.15, -0.1) is 0 Å². The molecular formula is C26H32N4O3. The number of para-hydroxylation sites is 1. The van der Waals surface area contributed by atoms with E-state index in [1.54, 1.807) is 4.90 Å². The van der Waals surface area contributed by atoms with Gasteiger partial charge in [-0.2, -0.15) is 0 Å². The Labute approximate surface area is 195 Å². The van der Waals surface area contributed by atoms with Crippen LogP contribution < -0.4 is 10.2 Å². The van der Waals surface area contributed by atoms with Crippen molar-refractivity contribution >= 4 is 23.4 Å². The fraction of sp³-hybridized carbons (Fsp3) is 0.423. The number of rotatable bonds is 6. The van der Waals surface area contributed by atoms with Gasteiger partial charge in [-0.1, -0.05) is 55.5 Å². The number of carbonyl (C=O) groups excluding carboxylic acids is 3. The molecule has 0 aliphatic carbocycles. The molecule has 2 atom stereocenters. The molecule has 2 heterocycles. The van der Waals surface area contributed by atoms with Crippen LogP contribution in [0.4, 0.5) is 5.69 Å². The maximum atomic E-state index is 13.5. The lowest BCUT2D eigenvalue weighted by Gasteiger charge is -2.39. The summed E-state index contributed by atoms with van der Waals surface area (Å²) in [4.78, 5) is 45.0. The van der Waals surface area contributed by atoms with Gasteiger partial charge in [0, 0.05) is 45.0 Å². The molecule has 2 aromatic rings. The highest BCUT2D eigenvalue weighted by Gasteiger charge is 2.38. The molecule has 1 N–H and O–H groups in total. The van der Waals surface area contributed by atoms with E-state index >= 15 is 0 Å². The van der Waals surface area contributed by atoms with Crippen LogP contribution >= 0.6 is 0 Å². The Balaban J connectivity index is 1.41. The predicted octanol–water partition coefficient (Wildman–Crippen LogP) is 2.25. The second kappa shape index (κ2) is 10.5. The molecule has 0 unspecified atom stereocenters. The molecular weight excluding hydrogens is 416 g/mol. The lowest BCUT2D eigenvalue weighted by Crippen LogP contribution is -2.60. The molecule has 3 amide bonds. The highest BCUT2D eigenvalue weighted by molar-refractivity contribution is 5.94. The monoisotopic (exact) mass is 448 g/mol. The van der Waals surface area contributed by atoms with Gasteiger partial charge in [-0.25, -0.2) is 0 Å². The second-order valence-corrected chi connectivity index (χ2v) is 8.62. The van der Waals surface area contributed by atoms with Gasteiger partial charge >= 0.3 is 0 Å². The van der Waals surface area contributed by atoms with Crippen LogP contribution in [-0.2, 0) is 14.4 Å². The van der Waals surface area contributed by atoms with E-state index in [0.717, 1.165) is 24.3 Å². The smallest absolute Gasteiger partial charge is 0.243 e. The minimum Gasteiger partial charge on any atom is -0.368 e. The zero-order valence-corrected chi connectivity index (χ0v) is 19.2. The SMILES string of the molecule is CC[C@@H](C(=O)N1CCNC(=O)[C@@H]1CC(=O)N1CCN(c2ccccc2)CC1)c1ccccc1. The molecule has 2 fully saturated rings. The summed E-state index contributed by atoms with van der Waals surface area (Å²) in [7, 11) is 0. The van der Waals surface area contributed by atoms with Crippen LogP contribution in [0.15, 0.2) is 60.7 Å². The Morgan fingerprint density at radius 3 is 2.21 bits per heavy atom. The molecule has 0 radical (unpaired) electrons. The minimum absolute atomic E-state index is 0.0220. The predicted molar refractivity (Wildman–Crippen MR) is 128 cm³/mol. The first kappa shape index (κ1) is 22.8. The molecule has 174 valence electrons. The first-order chi connectivity index (χ1) is 16.1. The van der Waals surface area contributed by atoms with E-state index < -0.39 is 6.04 Å². The number of carbonyl (C=O) groups is 3. The summed E-state index contributed by atoms with van der Waals surface area (Å²) in [5.41, 5.74) is 2.10. The van der Waals surface area contributed by atoms with Gasteiger partial charge in [0.05, 0.1) is 12.3 Å². The Morgan fingerprint density at radius 1 is 0.939 bits per heavy atom. The molecule has 7 heteroatoms. The summed E-state index contributed by atoms with van der Waals surface area (Å²) in [5, 5.41) is 2.84. The van der Waals surface area contributed by atoms with Crippen LogP contribution in [0.1, 0.15) is 31.2 Å². The van der Waals surface area contributed by atoms with Crippen molar-refractivity contribution in [3.8, 4) is 0 Å². The molecule has 0 bridgehead atoms. The number of anilines is 1. The average molecular weight is 449 g/mol. The first-order valence-corrected chi connectivity index (χ1v) is 11.8. The van der Waals surface area contributed by atoms with E-state index in [1.165, 1.54) is 0 Å². The van der Waals surface area contributed by atoms with Gasteiger partial charge in [0.25, 0.3) is 0 Å². The topological polar surface area (TPSA) is 73.0 Å². The third kappa shape index (κ3) is 5.18. The highest BCUT2D eigenvalue weighted by atomic mass is 16.2. The zero-order chi connectivity index (χ0) is 23.2. The van der Waals surface area contributed by atoms with E-state index in [9.17, 15) is 14.4 Å². The van der Waals surface area contributed by atoms with E-state index in [1.807, 2.05) is 60.4 Å². The summed E-state index contributed by atoms with van der Waals surface area (Å²) >= 11 is 0. The van der Waals surface area contributed by atoms with Crippen molar-refractivity contribution in [1.29, 1.82) is 0 Å². The molecule has 2 aromatic carbocycles. The van der Waals surface area contributed by atoms with Crippen LogP contribution in [0, 0.1) is 0 Å². The van der Waals surface area contributed by atoms with Crippen LogP contribution in [0.3, 0.4) is 0 Å². The largest absolute Gasteiger partial charge is 0.368 e.